The molecule has 0 aliphatic heterocycles. The van der Waals surface area contributed by atoms with Crippen molar-refractivity contribution in [3.8, 4) is 0 Å². The Balaban J connectivity index is 3.81. The maximum absolute atomic E-state index is 10.7. The first-order valence-corrected chi connectivity index (χ1v) is 4.62. The molecule has 0 aromatic rings. The van der Waals surface area contributed by atoms with E-state index in [1.54, 1.807) is 0 Å². The average Bonchev–Trinajstić information content (AvgIpc) is 2.11. The van der Waals surface area contributed by atoms with Crippen LogP contribution in [0.5, 0.6) is 0 Å². The van der Waals surface area contributed by atoms with Crippen LogP contribution >= 0.6 is 7.82 Å². The van der Waals surface area contributed by atoms with Crippen molar-refractivity contribution >= 4 is 13.8 Å². The van der Waals surface area contributed by atoms with Gasteiger partial charge in [-0.1, -0.05) is 11.3 Å². The summed E-state index contributed by atoms with van der Waals surface area (Å²) in [5.41, 5.74) is 0. The normalized spacial score (nSPS) is 14.6. The van der Waals surface area contributed by atoms with Crippen molar-refractivity contribution in [1.29, 1.82) is 0 Å². The Morgan fingerprint density at radius 3 is 2.69 bits per heavy atom. The molecule has 0 amide bonds. The summed E-state index contributed by atoms with van der Waals surface area (Å²) in [5.74, 6) is -1.03. The van der Waals surface area contributed by atoms with Crippen LogP contribution in [0.25, 0.3) is 0 Å². The van der Waals surface area contributed by atoms with Gasteiger partial charge in [0.15, 0.2) is 0 Å². The van der Waals surface area contributed by atoms with Crippen molar-refractivity contribution in [2.45, 2.75) is 0 Å². The fourth-order valence-corrected chi connectivity index (χ4v) is 0.819. The van der Waals surface area contributed by atoms with Gasteiger partial charge in [-0.2, -0.15) is 0 Å². The Labute approximate surface area is 74.1 Å². The highest BCUT2D eigenvalue weighted by atomic mass is 31.2. The summed E-state index contributed by atoms with van der Waals surface area (Å²) in [6, 6.07) is 0. The molecule has 0 rings (SSSR count). The first kappa shape index (κ1) is 12.3. The molecule has 0 aromatic carbocycles. The van der Waals surface area contributed by atoms with Crippen LogP contribution in [-0.4, -0.2) is 29.2 Å². The highest BCUT2D eigenvalue weighted by Gasteiger charge is 2.23. The minimum atomic E-state index is -4.43. The van der Waals surface area contributed by atoms with E-state index >= 15 is 0 Å². The first-order valence-electron chi connectivity index (χ1n) is 3.12. The lowest BCUT2D eigenvalue weighted by Crippen LogP contribution is -2.04. The van der Waals surface area contributed by atoms with Gasteiger partial charge in [0.05, 0.1) is 13.2 Å². The highest BCUT2D eigenvalue weighted by molar-refractivity contribution is 7.47. The minimum absolute atomic E-state index is 0.403. The van der Waals surface area contributed by atoms with Crippen LogP contribution in [0.1, 0.15) is 0 Å². The van der Waals surface area contributed by atoms with Gasteiger partial charge < -0.3 is 10.00 Å². The second-order valence-electron chi connectivity index (χ2n) is 1.71. The van der Waals surface area contributed by atoms with Gasteiger partial charge in [0.25, 0.3) is 0 Å². The third-order valence-corrected chi connectivity index (χ3v) is 1.50. The van der Waals surface area contributed by atoms with Gasteiger partial charge in [0, 0.05) is 6.08 Å². The highest BCUT2D eigenvalue weighted by Crippen LogP contribution is 2.43. The summed E-state index contributed by atoms with van der Waals surface area (Å²) in [6.45, 7) is 2.16. The Morgan fingerprint density at radius 1 is 1.62 bits per heavy atom. The molecular weight excluding hydrogens is 203 g/mol. The van der Waals surface area contributed by atoms with Gasteiger partial charge in [-0.25, -0.2) is 9.36 Å². The van der Waals surface area contributed by atoms with Gasteiger partial charge in [0.2, 0.25) is 0 Å². The van der Waals surface area contributed by atoms with Crippen LogP contribution in [-0.2, 0) is 23.4 Å². The molecule has 0 radical (unpaired) electrons. The molecular formula is C5H9O7P. The van der Waals surface area contributed by atoms with Crippen molar-refractivity contribution in [3.63, 3.8) is 0 Å². The van der Waals surface area contributed by atoms with Crippen LogP contribution in [0.15, 0.2) is 12.7 Å². The molecule has 0 spiro atoms. The van der Waals surface area contributed by atoms with E-state index in [1.165, 1.54) is 0 Å². The third-order valence-electron chi connectivity index (χ3n) is 0.726. The lowest BCUT2D eigenvalue weighted by molar-refractivity contribution is -0.217. The van der Waals surface area contributed by atoms with Gasteiger partial charge in [-0.05, 0) is 0 Å². The van der Waals surface area contributed by atoms with Crippen molar-refractivity contribution < 1.29 is 33.4 Å². The molecule has 0 saturated heterocycles. The molecule has 13 heavy (non-hydrogen) atoms. The molecule has 0 aliphatic carbocycles. The molecule has 7 nitrogen and oxygen atoms in total. The standard InChI is InChI=1S/C5H9O7P/c1-2-5(7)11-12-13(8,9)10-4-3-6/h2,6H,1,3-4H2,(H,8,9). The quantitative estimate of drug-likeness (QED) is 0.271. The van der Waals surface area contributed by atoms with Crippen LogP contribution in [0.2, 0.25) is 0 Å². The number of aliphatic hydroxyl groups excluding tert-OH is 1. The molecule has 76 valence electrons. The molecule has 0 aromatic heterocycles. The zero-order valence-electron chi connectivity index (χ0n) is 6.58. The van der Waals surface area contributed by atoms with E-state index in [0.717, 1.165) is 6.08 Å². The lowest BCUT2D eigenvalue weighted by Gasteiger charge is -2.07. The van der Waals surface area contributed by atoms with Gasteiger partial charge in [-0.3, -0.25) is 9.41 Å². The van der Waals surface area contributed by atoms with Crippen LogP contribution in [0, 0.1) is 0 Å². The van der Waals surface area contributed by atoms with Crippen molar-refractivity contribution in [3.05, 3.63) is 12.7 Å². The average molecular weight is 212 g/mol. The summed E-state index contributed by atoms with van der Waals surface area (Å²) >= 11 is 0. The predicted molar refractivity (Wildman–Crippen MR) is 40.2 cm³/mol. The van der Waals surface area contributed by atoms with Crippen LogP contribution in [0.3, 0.4) is 0 Å². The van der Waals surface area contributed by atoms with E-state index < -0.39 is 27.0 Å². The fourth-order valence-electron chi connectivity index (χ4n) is 0.296. The first-order chi connectivity index (χ1) is 6.02. The Kier molecular flexibility index (Phi) is 5.52. The second-order valence-corrected chi connectivity index (χ2v) is 3.05. The van der Waals surface area contributed by atoms with Crippen molar-refractivity contribution in [1.82, 2.24) is 0 Å². The number of aliphatic hydroxyl groups is 1. The SMILES string of the molecule is C=CC(=O)OOP(=O)(O)OCCO. The predicted octanol–water partition coefficient (Wildman–Crippen LogP) is -0.244. The summed E-state index contributed by atoms with van der Waals surface area (Å²) in [5, 5.41) is 8.22. The van der Waals surface area contributed by atoms with Crippen LogP contribution in [0.4, 0.5) is 0 Å². The van der Waals surface area contributed by atoms with E-state index in [9.17, 15) is 9.36 Å². The smallest absolute Gasteiger partial charge is 0.394 e. The molecule has 2 N–H and O–H groups in total. The van der Waals surface area contributed by atoms with E-state index in [1.807, 2.05) is 0 Å². The van der Waals surface area contributed by atoms with Crippen molar-refractivity contribution in [2.24, 2.45) is 0 Å². The second kappa shape index (κ2) is 5.85. The molecule has 0 fully saturated rings. The summed E-state index contributed by atoms with van der Waals surface area (Å²) in [6.07, 6.45) is 0.742. The maximum Gasteiger partial charge on any atom is 0.508 e. The fraction of sp³-hybridized carbons (Fsp3) is 0.400. The molecule has 0 bridgehead atoms. The Bertz CT molecular complexity index is 225. The van der Waals surface area contributed by atoms with Crippen molar-refractivity contribution in [2.75, 3.05) is 13.2 Å². The number of phosphoric acid groups is 1. The monoisotopic (exact) mass is 212 g/mol. The minimum Gasteiger partial charge on any atom is -0.394 e. The number of carbonyl (C=O) groups excluding carboxylic acids is 1. The molecule has 8 heteroatoms. The number of rotatable bonds is 6. The van der Waals surface area contributed by atoms with E-state index in [0.29, 0.717) is 0 Å². The zero-order valence-corrected chi connectivity index (χ0v) is 7.48. The van der Waals surface area contributed by atoms with Gasteiger partial charge in [0.1, 0.15) is 0 Å². The van der Waals surface area contributed by atoms with E-state index in [2.05, 4.69) is 20.7 Å². The molecule has 0 saturated carbocycles. The summed E-state index contributed by atoms with van der Waals surface area (Å²) in [4.78, 5) is 22.8. The lowest BCUT2D eigenvalue weighted by atomic mass is 10.7. The van der Waals surface area contributed by atoms with Gasteiger partial charge in [-0.15, -0.1) is 0 Å². The van der Waals surface area contributed by atoms with E-state index in [4.69, 9.17) is 10.00 Å². The number of hydrogen-bond donors (Lipinski definition) is 2. The number of hydrogen-bond acceptors (Lipinski definition) is 6. The summed E-state index contributed by atoms with van der Waals surface area (Å²) in [7, 11) is -4.43. The molecule has 0 aliphatic rings. The zero-order chi connectivity index (χ0) is 10.3. The Hall–Kier alpha value is -0.720. The largest absolute Gasteiger partial charge is 0.508 e. The Morgan fingerprint density at radius 2 is 2.23 bits per heavy atom. The molecule has 1 atom stereocenters. The molecule has 1 unspecified atom stereocenters. The maximum atomic E-state index is 10.7. The topological polar surface area (TPSA) is 102 Å². The van der Waals surface area contributed by atoms with Crippen LogP contribution < -0.4 is 0 Å². The third kappa shape index (κ3) is 6.44. The number of phosphoric ester groups is 1. The van der Waals surface area contributed by atoms with Gasteiger partial charge >= 0.3 is 13.8 Å². The molecule has 0 heterocycles. The summed E-state index contributed by atoms with van der Waals surface area (Å²) < 4.78 is 18.5. The van der Waals surface area contributed by atoms with E-state index in [-0.39, 0.29) is 0 Å². The number of carbonyl (C=O) groups is 1.